The summed E-state index contributed by atoms with van der Waals surface area (Å²) in [5.41, 5.74) is 4.30. The third kappa shape index (κ3) is 3.22. The van der Waals surface area contributed by atoms with Gasteiger partial charge in [-0.2, -0.15) is 0 Å². The summed E-state index contributed by atoms with van der Waals surface area (Å²) < 4.78 is 0. The van der Waals surface area contributed by atoms with Crippen LogP contribution in [0.25, 0.3) is 54.7 Å². The number of H-pyrrole nitrogens is 1. The minimum Gasteiger partial charge on any atom is -0.868 e. The fraction of sp³-hybridized carbons (Fsp3) is 0. The molecule has 146 valence electrons. The number of benzene rings is 4. The number of hydrogen-bond acceptors (Lipinski definition) is 3. The monoisotopic (exact) mass is 406 g/mol. The first kappa shape index (κ1) is 20.2. The Morgan fingerprint density at radius 3 is 2.34 bits per heavy atom. The van der Waals surface area contributed by atoms with Gasteiger partial charge in [-0.15, -0.1) is 0 Å². The molecule has 32 heavy (non-hydrogen) atoms. The van der Waals surface area contributed by atoms with Crippen LogP contribution in [0, 0.1) is 0 Å². The van der Waals surface area contributed by atoms with E-state index in [1.54, 1.807) is 6.20 Å². The van der Waals surface area contributed by atoms with Gasteiger partial charge in [-0.05, 0) is 68.3 Å². The van der Waals surface area contributed by atoms with Crippen LogP contribution in [-0.2, 0) is 0 Å². The second kappa shape index (κ2) is 8.09. The van der Waals surface area contributed by atoms with Crippen molar-refractivity contribution in [3.05, 3.63) is 97.7 Å². The van der Waals surface area contributed by atoms with Crippen molar-refractivity contribution in [2.75, 3.05) is 0 Å². The van der Waals surface area contributed by atoms with Crippen molar-refractivity contribution < 1.29 is 29.0 Å². The molecule has 6 rings (SSSR count). The molecule has 0 bridgehead atoms. The number of rotatable bonds is 2. The molecule has 0 spiro atoms. The van der Waals surface area contributed by atoms with Gasteiger partial charge in [0.25, 0.3) is 0 Å². The van der Waals surface area contributed by atoms with Crippen LogP contribution in [0.15, 0.2) is 97.7 Å². The Hall–Kier alpha value is -3.71. The summed E-state index contributed by atoms with van der Waals surface area (Å²) in [5.74, 6) is 0.0105. The summed E-state index contributed by atoms with van der Waals surface area (Å²) in [6, 6.07) is 24.5. The molecule has 0 atom stereocenters. The largest absolute Gasteiger partial charge is 1.00 e. The molecular formula is C27H17LiN3O+. The van der Waals surface area contributed by atoms with E-state index in [1.807, 2.05) is 48.8 Å². The molecule has 1 N–H and O–H groups in total. The van der Waals surface area contributed by atoms with Crippen molar-refractivity contribution in [2.24, 2.45) is 0 Å². The van der Waals surface area contributed by atoms with Gasteiger partial charge in [0, 0.05) is 29.4 Å². The zero-order valence-electron chi connectivity index (χ0n) is 17.5. The van der Waals surface area contributed by atoms with Gasteiger partial charge in [0.15, 0.2) is 6.20 Å². The van der Waals surface area contributed by atoms with Crippen LogP contribution in [0.5, 0.6) is 5.75 Å². The summed E-state index contributed by atoms with van der Waals surface area (Å²) in [5, 5.41) is 18.7. The van der Waals surface area contributed by atoms with Crippen LogP contribution in [0.2, 0.25) is 0 Å². The Bertz CT molecular complexity index is 1600. The standard InChI is InChI=1S/C27H17N3O.Li/c31-27-24(10-7-17-5-3-11-30-26(17)27)25-22-6-2-1-4-19(22)13-20-12-18(8-9-23(20)25)21-14-28-16-29-15-21;/h1-16,31H;/q;+1. The molecule has 2 heterocycles. The molecule has 5 heteroatoms. The molecule has 0 aliphatic carbocycles. The average molecular weight is 406 g/mol. The molecule has 0 radical (unpaired) electrons. The smallest absolute Gasteiger partial charge is 0.868 e. The van der Waals surface area contributed by atoms with Crippen LogP contribution in [0.3, 0.4) is 0 Å². The fourth-order valence-corrected chi connectivity index (χ4v) is 4.36. The van der Waals surface area contributed by atoms with Crippen molar-refractivity contribution in [3.63, 3.8) is 0 Å². The quantitative estimate of drug-likeness (QED) is 0.327. The van der Waals surface area contributed by atoms with E-state index in [1.165, 1.54) is 6.33 Å². The maximum absolute atomic E-state index is 13.5. The Kier molecular flexibility index (Phi) is 5.11. The summed E-state index contributed by atoms with van der Waals surface area (Å²) in [6.07, 6.45) is 6.95. The summed E-state index contributed by atoms with van der Waals surface area (Å²) in [7, 11) is 0. The number of nitrogens with one attached hydrogen (secondary N) is 1. The van der Waals surface area contributed by atoms with Crippen molar-refractivity contribution >= 4 is 32.4 Å². The Morgan fingerprint density at radius 1 is 0.688 bits per heavy atom. The van der Waals surface area contributed by atoms with E-state index < -0.39 is 0 Å². The number of hydrogen-bond donors (Lipinski definition) is 0. The van der Waals surface area contributed by atoms with Gasteiger partial charge < -0.3 is 5.11 Å². The average Bonchev–Trinajstić information content (AvgIpc) is 2.83. The second-order valence-corrected chi connectivity index (χ2v) is 7.61. The minimum absolute atomic E-state index is 0. The molecule has 0 unspecified atom stereocenters. The summed E-state index contributed by atoms with van der Waals surface area (Å²) >= 11 is 0. The van der Waals surface area contributed by atoms with E-state index in [4.69, 9.17) is 0 Å². The minimum atomic E-state index is 0. The molecule has 4 aromatic carbocycles. The van der Waals surface area contributed by atoms with E-state index in [0.29, 0.717) is 11.1 Å². The van der Waals surface area contributed by atoms with Gasteiger partial charge in [-0.25, -0.2) is 15.0 Å². The first-order chi connectivity index (χ1) is 15.3. The van der Waals surface area contributed by atoms with E-state index >= 15 is 0 Å². The van der Waals surface area contributed by atoms with Crippen molar-refractivity contribution in [1.82, 2.24) is 9.97 Å². The number of pyridine rings is 1. The molecule has 0 aliphatic rings. The Balaban J connectivity index is 0.00000216. The van der Waals surface area contributed by atoms with Crippen molar-refractivity contribution in [3.8, 4) is 28.0 Å². The molecule has 0 saturated heterocycles. The molecule has 0 saturated carbocycles. The normalized spacial score (nSPS) is 11.0. The van der Waals surface area contributed by atoms with Crippen LogP contribution in [-0.4, -0.2) is 9.97 Å². The number of fused-ring (bicyclic) bond motifs is 3. The number of aromatic amines is 1. The third-order valence-corrected chi connectivity index (χ3v) is 5.81. The molecule has 6 aromatic rings. The third-order valence-electron chi connectivity index (χ3n) is 5.81. The van der Waals surface area contributed by atoms with Gasteiger partial charge in [0.2, 0.25) is 5.52 Å². The summed E-state index contributed by atoms with van der Waals surface area (Å²) in [4.78, 5) is 11.4. The Morgan fingerprint density at radius 2 is 1.47 bits per heavy atom. The van der Waals surface area contributed by atoms with Crippen LogP contribution < -0.4 is 29.0 Å². The van der Waals surface area contributed by atoms with E-state index in [2.05, 4.69) is 51.4 Å². The number of aromatic nitrogens is 3. The number of nitrogens with zero attached hydrogens (tertiary/aromatic N) is 2. The fourth-order valence-electron chi connectivity index (χ4n) is 4.36. The molecule has 4 nitrogen and oxygen atoms in total. The van der Waals surface area contributed by atoms with Gasteiger partial charge in [0.1, 0.15) is 6.33 Å². The predicted molar refractivity (Wildman–Crippen MR) is 121 cm³/mol. The van der Waals surface area contributed by atoms with Gasteiger partial charge in [-0.3, -0.25) is 0 Å². The van der Waals surface area contributed by atoms with E-state index in [9.17, 15) is 5.11 Å². The van der Waals surface area contributed by atoms with E-state index in [-0.39, 0.29) is 24.6 Å². The van der Waals surface area contributed by atoms with Crippen molar-refractivity contribution in [1.29, 1.82) is 0 Å². The second-order valence-electron chi connectivity index (χ2n) is 7.61. The van der Waals surface area contributed by atoms with Crippen LogP contribution in [0.1, 0.15) is 0 Å². The van der Waals surface area contributed by atoms with E-state index in [0.717, 1.165) is 43.6 Å². The molecular weight excluding hydrogens is 389 g/mol. The van der Waals surface area contributed by atoms with Crippen LogP contribution >= 0.6 is 0 Å². The zero-order chi connectivity index (χ0) is 20.8. The maximum atomic E-state index is 13.5. The first-order valence-electron chi connectivity index (χ1n) is 10.1. The first-order valence-corrected chi connectivity index (χ1v) is 10.1. The Labute approximate surface area is 196 Å². The van der Waals surface area contributed by atoms with Crippen LogP contribution in [0.4, 0.5) is 0 Å². The molecule has 2 aromatic heterocycles. The van der Waals surface area contributed by atoms with Gasteiger partial charge in [-0.1, -0.05) is 42.5 Å². The molecule has 0 aliphatic heterocycles. The van der Waals surface area contributed by atoms with Gasteiger partial charge in [0.05, 0.1) is 0 Å². The SMILES string of the molecule is [Li+].[O-]c1c(-c2c3ccccc3cc3cc(-c4cncnc4)ccc23)ccc2ccc[nH+]c12. The topological polar surface area (TPSA) is 63.0 Å². The maximum Gasteiger partial charge on any atom is 1.00 e. The van der Waals surface area contributed by atoms with Crippen molar-refractivity contribution in [2.45, 2.75) is 0 Å². The zero-order valence-corrected chi connectivity index (χ0v) is 17.5. The predicted octanol–water partition coefficient (Wildman–Crippen LogP) is 2.16. The summed E-state index contributed by atoms with van der Waals surface area (Å²) in [6.45, 7) is 0. The molecule has 0 fully saturated rings. The van der Waals surface area contributed by atoms with Gasteiger partial charge >= 0.3 is 18.9 Å². The molecule has 0 amide bonds.